The second-order valence-corrected chi connectivity index (χ2v) is 7.63. The van der Waals surface area contributed by atoms with Gasteiger partial charge in [0.25, 0.3) is 0 Å². The second kappa shape index (κ2) is 6.56. The number of piperidine rings is 1. The quantitative estimate of drug-likeness (QED) is 0.896. The molecule has 0 amide bonds. The van der Waals surface area contributed by atoms with Crippen molar-refractivity contribution in [2.24, 2.45) is 0 Å². The SMILES string of the molecule is C=Cn1cc(CN2[C@@H]3CC[C@@H]2CC(O)(c2ccc(OC)cc2)C3)c(C)n1. The van der Waals surface area contributed by atoms with Crippen LogP contribution in [0.5, 0.6) is 5.75 Å². The summed E-state index contributed by atoms with van der Waals surface area (Å²) in [7, 11) is 1.67. The molecule has 1 aromatic heterocycles. The number of hydrogen-bond acceptors (Lipinski definition) is 4. The van der Waals surface area contributed by atoms with Gasteiger partial charge in [-0.3, -0.25) is 4.90 Å². The van der Waals surface area contributed by atoms with E-state index >= 15 is 0 Å². The van der Waals surface area contributed by atoms with E-state index in [0.717, 1.165) is 49.2 Å². The Labute approximate surface area is 154 Å². The summed E-state index contributed by atoms with van der Waals surface area (Å²) < 4.78 is 7.03. The second-order valence-electron chi connectivity index (χ2n) is 7.63. The zero-order chi connectivity index (χ0) is 18.3. The molecule has 2 bridgehead atoms. The molecule has 0 spiro atoms. The van der Waals surface area contributed by atoms with Crippen molar-refractivity contribution in [1.29, 1.82) is 0 Å². The zero-order valence-corrected chi connectivity index (χ0v) is 15.6. The topological polar surface area (TPSA) is 50.5 Å². The minimum Gasteiger partial charge on any atom is -0.497 e. The number of hydrogen-bond donors (Lipinski definition) is 1. The van der Waals surface area contributed by atoms with E-state index in [9.17, 15) is 5.11 Å². The summed E-state index contributed by atoms with van der Waals surface area (Å²) in [6, 6.07) is 8.71. The lowest BCUT2D eigenvalue weighted by atomic mass is 9.80. The molecule has 26 heavy (non-hydrogen) atoms. The van der Waals surface area contributed by atoms with Crippen LogP contribution in [-0.4, -0.2) is 39.0 Å². The first-order valence-electron chi connectivity index (χ1n) is 9.32. The van der Waals surface area contributed by atoms with Gasteiger partial charge in [0.05, 0.1) is 18.4 Å². The van der Waals surface area contributed by atoms with Crippen molar-refractivity contribution in [3.05, 3.63) is 53.9 Å². The molecule has 0 radical (unpaired) electrons. The first-order chi connectivity index (χ1) is 12.5. The molecule has 4 rings (SSSR count). The van der Waals surface area contributed by atoms with Crippen LogP contribution in [-0.2, 0) is 12.1 Å². The van der Waals surface area contributed by atoms with Crippen LogP contribution in [0, 0.1) is 6.92 Å². The van der Waals surface area contributed by atoms with Gasteiger partial charge in [-0.05, 0) is 50.3 Å². The van der Waals surface area contributed by atoms with Crippen molar-refractivity contribution in [3.8, 4) is 5.75 Å². The summed E-state index contributed by atoms with van der Waals surface area (Å²) in [6.45, 7) is 6.73. The molecular weight excluding hydrogens is 326 g/mol. The normalized spacial score (nSPS) is 28.3. The standard InChI is InChI=1S/C21H27N3O2/c1-4-23-13-16(15(2)22-23)14-24-18-7-8-19(24)12-21(25,11-18)17-5-9-20(26-3)10-6-17/h4-6,9-10,13,18-19,25H,1,7-8,11-12,14H2,2-3H3/t18-,19-/m1/s1. The minimum absolute atomic E-state index is 0.410. The fourth-order valence-corrected chi connectivity index (χ4v) is 4.68. The maximum absolute atomic E-state index is 11.4. The lowest BCUT2D eigenvalue weighted by Crippen LogP contribution is -2.49. The Morgan fingerprint density at radius 1 is 1.27 bits per heavy atom. The van der Waals surface area contributed by atoms with Gasteiger partial charge in [-0.25, -0.2) is 4.68 Å². The van der Waals surface area contributed by atoms with Crippen LogP contribution in [0.1, 0.15) is 42.5 Å². The Balaban J connectivity index is 1.53. The monoisotopic (exact) mass is 353 g/mol. The molecule has 138 valence electrons. The first kappa shape index (κ1) is 17.3. The number of ether oxygens (including phenoxy) is 1. The summed E-state index contributed by atoms with van der Waals surface area (Å²) in [5.74, 6) is 0.826. The van der Waals surface area contributed by atoms with Gasteiger partial charge in [0.1, 0.15) is 5.75 Å². The number of fused-ring (bicyclic) bond motifs is 2. The molecule has 0 unspecified atom stereocenters. The maximum Gasteiger partial charge on any atom is 0.118 e. The van der Waals surface area contributed by atoms with E-state index in [-0.39, 0.29) is 0 Å². The highest BCUT2D eigenvalue weighted by atomic mass is 16.5. The lowest BCUT2D eigenvalue weighted by Gasteiger charge is -2.44. The summed E-state index contributed by atoms with van der Waals surface area (Å²) >= 11 is 0. The van der Waals surface area contributed by atoms with Crippen molar-refractivity contribution < 1.29 is 9.84 Å². The summed E-state index contributed by atoms with van der Waals surface area (Å²) in [4.78, 5) is 2.56. The summed E-state index contributed by atoms with van der Waals surface area (Å²) in [5, 5.41) is 15.8. The molecule has 5 nitrogen and oxygen atoms in total. The van der Waals surface area contributed by atoms with E-state index in [1.165, 1.54) is 5.56 Å². The maximum atomic E-state index is 11.4. The van der Waals surface area contributed by atoms with Crippen molar-refractivity contribution >= 4 is 6.20 Å². The van der Waals surface area contributed by atoms with Crippen LogP contribution in [0.2, 0.25) is 0 Å². The van der Waals surface area contributed by atoms with Crippen LogP contribution in [0.25, 0.3) is 6.20 Å². The van der Waals surface area contributed by atoms with Crippen LogP contribution in [0.3, 0.4) is 0 Å². The summed E-state index contributed by atoms with van der Waals surface area (Å²) in [5.41, 5.74) is 2.57. The van der Waals surface area contributed by atoms with E-state index in [1.54, 1.807) is 18.0 Å². The van der Waals surface area contributed by atoms with Crippen LogP contribution in [0.4, 0.5) is 0 Å². The molecule has 1 aromatic carbocycles. The van der Waals surface area contributed by atoms with Crippen LogP contribution < -0.4 is 4.74 Å². The number of aromatic nitrogens is 2. The van der Waals surface area contributed by atoms with Crippen molar-refractivity contribution in [2.45, 2.75) is 56.8 Å². The third-order valence-corrected chi connectivity index (χ3v) is 6.10. The molecular formula is C21H27N3O2. The van der Waals surface area contributed by atoms with Gasteiger partial charge in [-0.2, -0.15) is 5.10 Å². The first-order valence-corrected chi connectivity index (χ1v) is 9.32. The molecule has 1 N–H and O–H groups in total. The van der Waals surface area contributed by atoms with Gasteiger partial charge in [0.2, 0.25) is 0 Å². The number of methoxy groups -OCH3 is 1. The Morgan fingerprint density at radius 2 is 1.92 bits per heavy atom. The molecule has 2 saturated heterocycles. The molecule has 5 heteroatoms. The third kappa shape index (κ3) is 2.95. The average molecular weight is 353 g/mol. The molecule has 2 aliphatic heterocycles. The van der Waals surface area contributed by atoms with Crippen molar-refractivity contribution in [1.82, 2.24) is 14.7 Å². The van der Waals surface area contributed by atoms with Crippen molar-refractivity contribution in [3.63, 3.8) is 0 Å². The number of aryl methyl sites for hydroxylation is 1. The molecule has 2 atom stereocenters. The number of nitrogens with zero attached hydrogens (tertiary/aromatic N) is 3. The highest BCUT2D eigenvalue weighted by Crippen LogP contribution is 2.46. The number of rotatable bonds is 5. The van der Waals surface area contributed by atoms with E-state index in [2.05, 4.69) is 29.7 Å². The van der Waals surface area contributed by atoms with E-state index in [0.29, 0.717) is 12.1 Å². The predicted molar refractivity (Wildman–Crippen MR) is 102 cm³/mol. The fourth-order valence-electron chi connectivity index (χ4n) is 4.68. The van der Waals surface area contributed by atoms with Crippen LogP contribution in [0.15, 0.2) is 37.0 Å². The molecule has 0 saturated carbocycles. The van der Waals surface area contributed by atoms with E-state index in [1.807, 2.05) is 24.3 Å². The van der Waals surface area contributed by atoms with E-state index in [4.69, 9.17) is 4.74 Å². The molecule has 2 fully saturated rings. The van der Waals surface area contributed by atoms with Gasteiger partial charge in [0.15, 0.2) is 0 Å². The predicted octanol–water partition coefficient (Wildman–Crippen LogP) is 3.32. The van der Waals surface area contributed by atoms with E-state index < -0.39 is 5.60 Å². The molecule has 2 aliphatic rings. The van der Waals surface area contributed by atoms with Crippen molar-refractivity contribution in [2.75, 3.05) is 7.11 Å². The summed E-state index contributed by atoms with van der Waals surface area (Å²) in [6.07, 6.45) is 7.65. The number of aliphatic hydroxyl groups is 1. The Hall–Kier alpha value is -2.11. The van der Waals surface area contributed by atoms with Gasteiger partial charge in [0, 0.05) is 36.6 Å². The smallest absolute Gasteiger partial charge is 0.118 e. The van der Waals surface area contributed by atoms with Crippen LogP contribution >= 0.6 is 0 Å². The lowest BCUT2D eigenvalue weighted by molar-refractivity contribution is -0.0595. The largest absolute Gasteiger partial charge is 0.497 e. The Morgan fingerprint density at radius 3 is 2.46 bits per heavy atom. The highest BCUT2D eigenvalue weighted by Gasteiger charge is 2.48. The number of benzene rings is 1. The average Bonchev–Trinajstić information content (AvgIpc) is 3.12. The molecule has 2 aromatic rings. The van der Waals surface area contributed by atoms with Gasteiger partial charge in [-0.1, -0.05) is 18.7 Å². The highest BCUT2D eigenvalue weighted by molar-refractivity contribution is 5.32. The van der Waals surface area contributed by atoms with Gasteiger partial charge >= 0.3 is 0 Å². The van der Waals surface area contributed by atoms with Gasteiger partial charge in [-0.15, -0.1) is 0 Å². The Bertz CT molecular complexity index is 782. The molecule has 3 heterocycles. The third-order valence-electron chi connectivity index (χ3n) is 6.10. The fraction of sp³-hybridized carbons (Fsp3) is 0.476. The van der Waals surface area contributed by atoms with Gasteiger partial charge < -0.3 is 9.84 Å². The minimum atomic E-state index is -0.741. The molecule has 0 aliphatic carbocycles. The Kier molecular flexibility index (Phi) is 4.37. The zero-order valence-electron chi connectivity index (χ0n) is 15.6.